The zero-order chi connectivity index (χ0) is 13.7. The van der Waals surface area contributed by atoms with Gasteiger partial charge in [-0.3, -0.25) is 11.3 Å². The van der Waals surface area contributed by atoms with Crippen molar-refractivity contribution in [2.45, 2.75) is 38.3 Å². The molecule has 19 heavy (non-hydrogen) atoms. The first-order valence-corrected chi connectivity index (χ1v) is 7.62. The number of nitrogens with one attached hydrogen (secondary N) is 1. The summed E-state index contributed by atoms with van der Waals surface area (Å²) in [5.74, 6) is 5.71. The van der Waals surface area contributed by atoms with Crippen molar-refractivity contribution in [2.75, 3.05) is 7.11 Å². The highest BCUT2D eigenvalue weighted by atomic mass is 32.1. The fourth-order valence-electron chi connectivity index (χ4n) is 2.49. The summed E-state index contributed by atoms with van der Waals surface area (Å²) in [6, 6.07) is 8.66. The Morgan fingerprint density at radius 2 is 2.16 bits per heavy atom. The van der Waals surface area contributed by atoms with E-state index in [-0.39, 0.29) is 12.1 Å². The average molecular weight is 278 g/mol. The van der Waals surface area contributed by atoms with Crippen molar-refractivity contribution in [3.05, 3.63) is 35.2 Å². The van der Waals surface area contributed by atoms with Crippen LogP contribution in [0.1, 0.15) is 25.3 Å². The molecule has 2 atom stereocenters. The number of hydrazine groups is 1. The molecule has 3 nitrogen and oxygen atoms in total. The Labute approximate surface area is 118 Å². The van der Waals surface area contributed by atoms with E-state index in [1.165, 1.54) is 15.6 Å². The highest BCUT2D eigenvalue weighted by Crippen LogP contribution is 2.27. The normalized spacial score (nSPS) is 14.7. The van der Waals surface area contributed by atoms with E-state index >= 15 is 0 Å². The largest absolute Gasteiger partial charge is 0.380 e. The lowest BCUT2D eigenvalue weighted by molar-refractivity contribution is 0.0610. The predicted molar refractivity (Wildman–Crippen MR) is 82.3 cm³/mol. The number of benzene rings is 1. The van der Waals surface area contributed by atoms with Crippen molar-refractivity contribution in [2.24, 2.45) is 5.84 Å². The maximum Gasteiger partial charge on any atom is 0.0740 e. The van der Waals surface area contributed by atoms with Crippen molar-refractivity contribution in [3.63, 3.8) is 0 Å². The molecule has 0 radical (unpaired) electrons. The number of nitrogens with two attached hydrogens (primary N) is 1. The third-order valence-corrected chi connectivity index (χ3v) is 4.55. The highest BCUT2D eigenvalue weighted by molar-refractivity contribution is 7.17. The Morgan fingerprint density at radius 3 is 2.84 bits per heavy atom. The fraction of sp³-hybridized carbons (Fsp3) is 0.467. The van der Waals surface area contributed by atoms with Crippen molar-refractivity contribution in [1.82, 2.24) is 5.43 Å². The number of hydrogen-bond donors (Lipinski definition) is 2. The second kappa shape index (κ2) is 7.01. The smallest absolute Gasteiger partial charge is 0.0740 e. The first-order valence-electron chi connectivity index (χ1n) is 6.74. The fourth-order valence-corrected chi connectivity index (χ4v) is 3.47. The Balaban J connectivity index is 2.17. The standard InChI is InChI=1S/C15H22N2OS/c1-3-6-14(18-2)13(17-16)9-11-10-19-15-8-5-4-7-12(11)15/h4-5,7-8,10,13-14,17H,3,6,9,16H2,1-2H3. The molecule has 0 aliphatic heterocycles. The lowest BCUT2D eigenvalue weighted by Crippen LogP contribution is -2.46. The molecule has 2 aromatic rings. The Hall–Kier alpha value is -0.940. The molecule has 0 saturated carbocycles. The maximum absolute atomic E-state index is 5.71. The summed E-state index contributed by atoms with van der Waals surface area (Å²) in [6.07, 6.45) is 3.18. The Bertz CT molecular complexity index is 512. The van der Waals surface area contributed by atoms with Crippen LogP contribution in [0, 0.1) is 0 Å². The third kappa shape index (κ3) is 3.34. The third-order valence-electron chi connectivity index (χ3n) is 3.54. The Morgan fingerprint density at radius 1 is 1.37 bits per heavy atom. The summed E-state index contributed by atoms with van der Waals surface area (Å²) in [7, 11) is 1.76. The van der Waals surface area contributed by atoms with Crippen molar-refractivity contribution in [1.29, 1.82) is 0 Å². The molecule has 0 fully saturated rings. The van der Waals surface area contributed by atoms with E-state index in [4.69, 9.17) is 10.6 Å². The molecule has 1 aromatic carbocycles. The van der Waals surface area contributed by atoms with Crippen LogP contribution < -0.4 is 11.3 Å². The van der Waals surface area contributed by atoms with Crippen molar-refractivity contribution >= 4 is 21.4 Å². The molecule has 2 rings (SSSR count). The average Bonchev–Trinajstić information content (AvgIpc) is 2.86. The SMILES string of the molecule is CCCC(OC)C(Cc1csc2ccccc12)NN. The Kier molecular flexibility index (Phi) is 5.34. The van der Waals surface area contributed by atoms with Crippen LogP contribution in [0.4, 0.5) is 0 Å². The number of rotatable bonds is 7. The van der Waals surface area contributed by atoms with E-state index in [9.17, 15) is 0 Å². The second-order valence-corrected chi connectivity index (χ2v) is 5.71. The molecule has 0 amide bonds. The molecule has 1 heterocycles. The van der Waals surface area contributed by atoms with Gasteiger partial charge >= 0.3 is 0 Å². The van der Waals surface area contributed by atoms with E-state index in [0.717, 1.165) is 19.3 Å². The van der Waals surface area contributed by atoms with E-state index in [1.54, 1.807) is 18.4 Å². The van der Waals surface area contributed by atoms with Crippen LogP contribution in [0.25, 0.3) is 10.1 Å². The van der Waals surface area contributed by atoms with Gasteiger partial charge in [-0.15, -0.1) is 11.3 Å². The predicted octanol–water partition coefficient (Wildman–Crippen LogP) is 3.09. The van der Waals surface area contributed by atoms with Crippen LogP contribution in [0.5, 0.6) is 0 Å². The molecule has 2 unspecified atom stereocenters. The van der Waals surface area contributed by atoms with Gasteiger partial charge in [0, 0.05) is 11.8 Å². The minimum absolute atomic E-state index is 0.156. The lowest BCUT2D eigenvalue weighted by Gasteiger charge is -2.25. The first-order chi connectivity index (χ1) is 9.30. The summed E-state index contributed by atoms with van der Waals surface area (Å²) < 4.78 is 6.90. The molecular weight excluding hydrogens is 256 g/mol. The van der Waals surface area contributed by atoms with Crippen LogP contribution in [-0.4, -0.2) is 19.3 Å². The lowest BCUT2D eigenvalue weighted by atomic mass is 9.98. The van der Waals surface area contributed by atoms with E-state index < -0.39 is 0 Å². The summed E-state index contributed by atoms with van der Waals surface area (Å²) >= 11 is 1.79. The molecular formula is C15H22N2OS. The van der Waals surface area contributed by atoms with Crippen LogP contribution >= 0.6 is 11.3 Å². The summed E-state index contributed by atoms with van der Waals surface area (Å²) in [5.41, 5.74) is 4.27. The monoisotopic (exact) mass is 278 g/mol. The zero-order valence-electron chi connectivity index (χ0n) is 11.6. The molecule has 104 valence electrons. The maximum atomic E-state index is 5.71. The summed E-state index contributed by atoms with van der Waals surface area (Å²) in [4.78, 5) is 0. The number of hydrogen-bond acceptors (Lipinski definition) is 4. The van der Waals surface area contributed by atoms with Crippen LogP contribution in [0.2, 0.25) is 0 Å². The topological polar surface area (TPSA) is 47.3 Å². The molecule has 4 heteroatoms. The van der Waals surface area contributed by atoms with E-state index in [2.05, 4.69) is 42.0 Å². The first kappa shape index (κ1) is 14.5. The van der Waals surface area contributed by atoms with Gasteiger partial charge in [0.05, 0.1) is 12.1 Å². The molecule has 1 aromatic heterocycles. The zero-order valence-corrected chi connectivity index (χ0v) is 12.4. The molecule has 3 N–H and O–H groups in total. The molecule has 0 spiro atoms. The number of methoxy groups -OCH3 is 1. The van der Waals surface area contributed by atoms with Crippen LogP contribution in [-0.2, 0) is 11.2 Å². The molecule has 0 saturated heterocycles. The van der Waals surface area contributed by atoms with Gasteiger partial charge in [-0.2, -0.15) is 0 Å². The molecule has 0 bridgehead atoms. The number of ether oxygens (including phenoxy) is 1. The van der Waals surface area contributed by atoms with Gasteiger partial charge in [-0.1, -0.05) is 31.5 Å². The quantitative estimate of drug-likeness (QED) is 0.604. The molecule has 0 aliphatic carbocycles. The molecule has 0 aliphatic rings. The van der Waals surface area contributed by atoms with Gasteiger partial charge in [0.1, 0.15) is 0 Å². The minimum Gasteiger partial charge on any atom is -0.380 e. The van der Waals surface area contributed by atoms with Gasteiger partial charge in [0.15, 0.2) is 0 Å². The van der Waals surface area contributed by atoms with Gasteiger partial charge in [-0.05, 0) is 35.2 Å². The minimum atomic E-state index is 0.156. The summed E-state index contributed by atoms with van der Waals surface area (Å²) in [6.45, 7) is 2.17. The van der Waals surface area contributed by atoms with Gasteiger partial charge < -0.3 is 4.74 Å². The van der Waals surface area contributed by atoms with E-state index in [0.29, 0.717) is 0 Å². The highest BCUT2D eigenvalue weighted by Gasteiger charge is 2.20. The van der Waals surface area contributed by atoms with Gasteiger partial charge in [-0.25, -0.2) is 0 Å². The summed E-state index contributed by atoms with van der Waals surface area (Å²) in [5, 5.41) is 3.56. The van der Waals surface area contributed by atoms with Crippen molar-refractivity contribution in [3.8, 4) is 0 Å². The van der Waals surface area contributed by atoms with E-state index in [1.807, 2.05) is 0 Å². The van der Waals surface area contributed by atoms with Crippen LogP contribution in [0.15, 0.2) is 29.6 Å². The second-order valence-electron chi connectivity index (χ2n) is 4.80. The number of fused-ring (bicyclic) bond motifs is 1. The van der Waals surface area contributed by atoms with Gasteiger partial charge in [0.25, 0.3) is 0 Å². The van der Waals surface area contributed by atoms with Gasteiger partial charge in [0.2, 0.25) is 0 Å². The number of thiophene rings is 1. The van der Waals surface area contributed by atoms with Crippen LogP contribution in [0.3, 0.4) is 0 Å². The van der Waals surface area contributed by atoms with Crippen molar-refractivity contribution < 1.29 is 4.74 Å².